The molecule has 1 atom stereocenters. The molecule has 108 valence electrons. The second-order valence-electron chi connectivity index (χ2n) is 4.24. The lowest BCUT2D eigenvalue weighted by Crippen LogP contribution is -2.30. The lowest BCUT2D eigenvalue weighted by Gasteiger charge is -2.11. The van der Waals surface area contributed by atoms with Crippen LogP contribution in [0.4, 0.5) is 17.6 Å². The minimum Gasteiger partial charge on any atom is -0.383 e. The third kappa shape index (κ3) is 3.13. The average Bonchev–Trinajstić information content (AvgIpc) is 2.80. The number of aliphatic hydroxyl groups is 1. The van der Waals surface area contributed by atoms with Gasteiger partial charge in [0.2, 0.25) is 11.7 Å². The highest BCUT2D eigenvalue weighted by molar-refractivity contribution is 5.54. The quantitative estimate of drug-likeness (QED) is 0.883. The molecule has 0 amide bonds. The molecule has 1 aromatic carbocycles. The van der Waals surface area contributed by atoms with Crippen molar-refractivity contribution in [2.45, 2.75) is 25.6 Å². The van der Waals surface area contributed by atoms with Gasteiger partial charge in [0, 0.05) is 5.56 Å². The van der Waals surface area contributed by atoms with Crippen molar-refractivity contribution in [2.24, 2.45) is 0 Å². The highest BCUT2D eigenvalue weighted by atomic mass is 19.4. The van der Waals surface area contributed by atoms with E-state index in [4.69, 9.17) is 5.11 Å². The van der Waals surface area contributed by atoms with Gasteiger partial charge in [0.05, 0.1) is 6.42 Å². The molecule has 0 aliphatic rings. The van der Waals surface area contributed by atoms with E-state index in [1.807, 2.05) is 0 Å². The molecule has 20 heavy (non-hydrogen) atoms. The average molecular weight is 290 g/mol. The Balaban J connectivity index is 2.18. The Morgan fingerprint density at radius 3 is 2.65 bits per heavy atom. The van der Waals surface area contributed by atoms with Crippen molar-refractivity contribution in [2.75, 3.05) is 0 Å². The van der Waals surface area contributed by atoms with E-state index < -0.39 is 24.5 Å². The Morgan fingerprint density at radius 2 is 2.05 bits per heavy atom. The normalized spacial score (nSPS) is 13.5. The van der Waals surface area contributed by atoms with Crippen molar-refractivity contribution in [3.05, 3.63) is 35.5 Å². The maximum absolute atomic E-state index is 13.4. The van der Waals surface area contributed by atoms with Gasteiger partial charge in [-0.25, -0.2) is 4.39 Å². The van der Waals surface area contributed by atoms with Crippen LogP contribution in [0.3, 0.4) is 0 Å². The molecular weight excluding hydrogens is 280 g/mol. The lowest BCUT2D eigenvalue weighted by molar-refractivity contribution is -0.204. The number of nitrogens with zero attached hydrogens (tertiary/aromatic N) is 2. The molecule has 1 unspecified atom stereocenters. The van der Waals surface area contributed by atoms with E-state index in [9.17, 15) is 17.6 Å². The summed E-state index contributed by atoms with van der Waals surface area (Å²) < 4.78 is 54.5. The summed E-state index contributed by atoms with van der Waals surface area (Å²) in [6.45, 7) is 1.57. The number of alkyl halides is 3. The minimum atomic E-state index is -4.76. The molecule has 0 aliphatic carbocycles. The number of aliphatic hydroxyl groups excluding tert-OH is 1. The Bertz CT molecular complexity index is 610. The lowest BCUT2D eigenvalue weighted by atomic mass is 10.1. The maximum atomic E-state index is 13.4. The van der Waals surface area contributed by atoms with Crippen molar-refractivity contribution < 1.29 is 27.2 Å². The van der Waals surface area contributed by atoms with Gasteiger partial charge in [-0.3, -0.25) is 0 Å². The van der Waals surface area contributed by atoms with E-state index in [-0.39, 0.29) is 17.3 Å². The molecule has 0 saturated heterocycles. The zero-order valence-electron chi connectivity index (χ0n) is 10.3. The first-order valence-corrected chi connectivity index (χ1v) is 5.61. The van der Waals surface area contributed by atoms with Crippen LogP contribution in [0, 0.1) is 12.7 Å². The molecule has 0 aliphatic heterocycles. The van der Waals surface area contributed by atoms with Gasteiger partial charge in [-0.2, -0.15) is 18.2 Å². The summed E-state index contributed by atoms with van der Waals surface area (Å²) >= 11 is 0. The summed E-state index contributed by atoms with van der Waals surface area (Å²) in [6.07, 6.45) is -8.18. The van der Waals surface area contributed by atoms with E-state index >= 15 is 0 Å². The van der Waals surface area contributed by atoms with Crippen LogP contribution in [0.5, 0.6) is 0 Å². The Morgan fingerprint density at radius 1 is 1.35 bits per heavy atom. The Hall–Kier alpha value is -1.96. The van der Waals surface area contributed by atoms with Crippen LogP contribution in [0.1, 0.15) is 11.5 Å². The second-order valence-corrected chi connectivity index (χ2v) is 4.24. The molecule has 4 nitrogen and oxygen atoms in total. The molecule has 0 saturated carbocycles. The number of benzene rings is 1. The standard InChI is InChI=1S/C12H10F4N2O2/c1-6-2-3-7(4-8(6)13)11-17-10(20-18-11)5-9(19)12(14,15)16/h2-4,9,19H,5H2,1H3. The van der Waals surface area contributed by atoms with Crippen LogP contribution < -0.4 is 0 Å². The number of aryl methyl sites for hydroxylation is 1. The SMILES string of the molecule is Cc1ccc(-c2noc(CC(O)C(F)(F)F)n2)cc1F. The molecule has 2 rings (SSSR count). The molecule has 0 spiro atoms. The summed E-state index contributed by atoms with van der Waals surface area (Å²) in [6, 6.07) is 4.17. The van der Waals surface area contributed by atoms with Crippen molar-refractivity contribution in [3.63, 3.8) is 0 Å². The third-order valence-electron chi connectivity index (χ3n) is 2.64. The van der Waals surface area contributed by atoms with Crippen LogP contribution in [0.25, 0.3) is 11.4 Å². The van der Waals surface area contributed by atoms with Crippen molar-refractivity contribution in [1.82, 2.24) is 10.1 Å². The van der Waals surface area contributed by atoms with Gasteiger partial charge < -0.3 is 9.63 Å². The first kappa shape index (κ1) is 14.4. The van der Waals surface area contributed by atoms with Crippen molar-refractivity contribution in [3.8, 4) is 11.4 Å². The summed E-state index contributed by atoms with van der Waals surface area (Å²) in [5.41, 5.74) is 0.703. The second kappa shape index (κ2) is 5.20. The van der Waals surface area contributed by atoms with Gasteiger partial charge >= 0.3 is 6.18 Å². The fourth-order valence-corrected chi connectivity index (χ4v) is 1.47. The monoisotopic (exact) mass is 290 g/mol. The third-order valence-corrected chi connectivity index (χ3v) is 2.64. The first-order chi connectivity index (χ1) is 9.27. The van der Waals surface area contributed by atoms with E-state index in [1.54, 1.807) is 6.92 Å². The number of rotatable bonds is 3. The van der Waals surface area contributed by atoms with Gasteiger partial charge in [0.25, 0.3) is 0 Å². The number of hydrogen-bond acceptors (Lipinski definition) is 4. The zero-order chi connectivity index (χ0) is 14.9. The molecular formula is C12H10F4N2O2. The van der Waals surface area contributed by atoms with Gasteiger partial charge in [0.15, 0.2) is 6.10 Å². The molecule has 0 radical (unpaired) electrons. The smallest absolute Gasteiger partial charge is 0.383 e. The van der Waals surface area contributed by atoms with Crippen LogP contribution in [-0.4, -0.2) is 27.5 Å². The van der Waals surface area contributed by atoms with Crippen molar-refractivity contribution in [1.29, 1.82) is 0 Å². The van der Waals surface area contributed by atoms with Crippen molar-refractivity contribution >= 4 is 0 Å². The van der Waals surface area contributed by atoms with Gasteiger partial charge in [0.1, 0.15) is 5.82 Å². The number of hydrogen-bond donors (Lipinski definition) is 1. The van der Waals surface area contributed by atoms with Gasteiger partial charge in [-0.05, 0) is 18.6 Å². The summed E-state index contributed by atoms with van der Waals surface area (Å²) in [5, 5.41) is 12.3. The molecule has 1 aromatic heterocycles. The minimum absolute atomic E-state index is 0.0340. The van der Waals surface area contributed by atoms with Crippen LogP contribution >= 0.6 is 0 Å². The Labute approximate surface area is 111 Å². The summed E-state index contributed by atoms with van der Waals surface area (Å²) in [5.74, 6) is -0.886. The van der Waals surface area contributed by atoms with Gasteiger partial charge in [-0.1, -0.05) is 17.3 Å². The molecule has 0 bridgehead atoms. The maximum Gasteiger partial charge on any atom is 0.414 e. The molecule has 0 fully saturated rings. The zero-order valence-corrected chi connectivity index (χ0v) is 10.3. The number of aromatic nitrogens is 2. The largest absolute Gasteiger partial charge is 0.414 e. The van der Waals surface area contributed by atoms with E-state index in [2.05, 4.69) is 14.7 Å². The van der Waals surface area contributed by atoms with Crippen LogP contribution in [0.2, 0.25) is 0 Å². The predicted octanol–water partition coefficient (Wildman–Crippen LogP) is 2.65. The molecule has 2 aromatic rings. The highest BCUT2D eigenvalue weighted by Gasteiger charge is 2.39. The summed E-state index contributed by atoms with van der Waals surface area (Å²) in [4.78, 5) is 3.70. The van der Waals surface area contributed by atoms with Gasteiger partial charge in [-0.15, -0.1) is 0 Å². The van der Waals surface area contributed by atoms with E-state index in [0.717, 1.165) is 6.07 Å². The molecule has 1 N–H and O–H groups in total. The Kier molecular flexibility index (Phi) is 3.76. The fraction of sp³-hybridized carbons (Fsp3) is 0.333. The van der Waals surface area contributed by atoms with E-state index in [0.29, 0.717) is 5.56 Å². The summed E-state index contributed by atoms with van der Waals surface area (Å²) in [7, 11) is 0. The first-order valence-electron chi connectivity index (χ1n) is 5.61. The molecule has 1 heterocycles. The van der Waals surface area contributed by atoms with E-state index in [1.165, 1.54) is 12.1 Å². The van der Waals surface area contributed by atoms with Crippen LogP contribution in [0.15, 0.2) is 22.7 Å². The fourth-order valence-electron chi connectivity index (χ4n) is 1.47. The topological polar surface area (TPSA) is 59.2 Å². The highest BCUT2D eigenvalue weighted by Crippen LogP contribution is 2.24. The predicted molar refractivity (Wildman–Crippen MR) is 60.2 cm³/mol. The van der Waals surface area contributed by atoms with Crippen LogP contribution in [-0.2, 0) is 6.42 Å². The number of halogens is 4. The molecule has 8 heteroatoms.